The number of aromatic nitrogens is 1. The Hall–Kier alpha value is -1.65. The third kappa shape index (κ3) is 4.18. The molecule has 0 aliphatic heterocycles. The summed E-state index contributed by atoms with van der Waals surface area (Å²) >= 11 is 1.61. The molecule has 3 nitrogen and oxygen atoms in total. The van der Waals surface area contributed by atoms with Crippen molar-refractivity contribution in [3.8, 4) is 0 Å². The minimum absolute atomic E-state index is 0. The standard InChI is InChI=1S/C17H18N2OS.ClH/c1-12-6-8-13(9-7-12)10-11-16(20)19-17-18-14-4-2-3-5-15(14)21-17;/h6-11H,2-5H2,1H3,(H,18,19,20);1H/b11-10+;. The first-order chi connectivity index (χ1) is 10.2. The molecular weight excluding hydrogens is 316 g/mol. The highest BCUT2D eigenvalue weighted by Gasteiger charge is 2.15. The normalized spacial score (nSPS) is 13.5. The number of halogens is 1. The topological polar surface area (TPSA) is 42.0 Å². The summed E-state index contributed by atoms with van der Waals surface area (Å²) in [4.78, 5) is 17.8. The number of thiazole rings is 1. The van der Waals surface area contributed by atoms with Gasteiger partial charge in [0.15, 0.2) is 5.13 Å². The zero-order valence-corrected chi connectivity index (χ0v) is 14.1. The van der Waals surface area contributed by atoms with Crippen LogP contribution < -0.4 is 5.32 Å². The SMILES string of the molecule is Cc1ccc(/C=C/C(=O)Nc2nc3c(s2)CCCC3)cc1.Cl. The molecule has 1 aromatic carbocycles. The lowest BCUT2D eigenvalue weighted by Gasteiger charge is -2.06. The fourth-order valence-electron chi connectivity index (χ4n) is 2.40. The summed E-state index contributed by atoms with van der Waals surface area (Å²) in [7, 11) is 0. The predicted octanol–water partition coefficient (Wildman–Crippen LogP) is 4.40. The van der Waals surface area contributed by atoms with Gasteiger partial charge >= 0.3 is 0 Å². The maximum absolute atomic E-state index is 11.9. The van der Waals surface area contributed by atoms with Gasteiger partial charge in [0.2, 0.25) is 5.91 Å². The summed E-state index contributed by atoms with van der Waals surface area (Å²) in [5, 5.41) is 3.59. The summed E-state index contributed by atoms with van der Waals surface area (Å²) < 4.78 is 0. The maximum Gasteiger partial charge on any atom is 0.250 e. The molecule has 1 aliphatic rings. The summed E-state index contributed by atoms with van der Waals surface area (Å²) in [5.41, 5.74) is 3.41. The van der Waals surface area contributed by atoms with Crippen molar-refractivity contribution in [1.82, 2.24) is 4.98 Å². The van der Waals surface area contributed by atoms with Crippen LogP contribution in [-0.4, -0.2) is 10.9 Å². The molecule has 0 spiro atoms. The van der Waals surface area contributed by atoms with Crippen molar-refractivity contribution in [2.24, 2.45) is 0 Å². The summed E-state index contributed by atoms with van der Waals surface area (Å²) in [6.45, 7) is 2.05. The molecule has 0 unspecified atom stereocenters. The van der Waals surface area contributed by atoms with E-state index in [0.29, 0.717) is 0 Å². The number of nitrogens with zero attached hydrogens (tertiary/aromatic N) is 1. The van der Waals surface area contributed by atoms with Gasteiger partial charge in [-0.15, -0.1) is 23.7 Å². The number of hydrogen-bond donors (Lipinski definition) is 1. The molecule has 0 fully saturated rings. The molecule has 2 aromatic rings. The Balaban J connectivity index is 0.00000176. The number of fused-ring (bicyclic) bond motifs is 1. The number of carbonyl (C=O) groups is 1. The van der Waals surface area contributed by atoms with Crippen molar-refractivity contribution in [2.75, 3.05) is 5.32 Å². The minimum Gasteiger partial charge on any atom is -0.298 e. The van der Waals surface area contributed by atoms with Gasteiger partial charge in [-0.05, 0) is 44.2 Å². The van der Waals surface area contributed by atoms with Gasteiger partial charge in [0.1, 0.15) is 0 Å². The molecule has 3 rings (SSSR count). The van der Waals surface area contributed by atoms with Crippen LogP contribution >= 0.6 is 23.7 Å². The van der Waals surface area contributed by atoms with Crippen molar-refractivity contribution in [2.45, 2.75) is 32.6 Å². The highest BCUT2D eigenvalue weighted by Crippen LogP contribution is 2.29. The molecule has 0 saturated carbocycles. The zero-order valence-electron chi connectivity index (χ0n) is 12.5. The molecule has 1 aromatic heterocycles. The van der Waals surface area contributed by atoms with E-state index in [4.69, 9.17) is 0 Å². The number of amides is 1. The van der Waals surface area contributed by atoms with E-state index < -0.39 is 0 Å². The molecule has 0 bridgehead atoms. The van der Waals surface area contributed by atoms with Gasteiger partial charge in [-0.25, -0.2) is 4.98 Å². The second kappa shape index (κ2) is 7.56. The quantitative estimate of drug-likeness (QED) is 0.845. The van der Waals surface area contributed by atoms with Crippen LogP contribution in [0, 0.1) is 6.92 Å². The lowest BCUT2D eigenvalue weighted by molar-refractivity contribution is -0.111. The Morgan fingerprint density at radius 3 is 2.68 bits per heavy atom. The van der Waals surface area contributed by atoms with Crippen LogP contribution in [0.4, 0.5) is 5.13 Å². The highest BCUT2D eigenvalue weighted by molar-refractivity contribution is 7.15. The summed E-state index contributed by atoms with van der Waals surface area (Å²) in [6, 6.07) is 8.07. The van der Waals surface area contributed by atoms with Gasteiger partial charge in [0.05, 0.1) is 5.69 Å². The van der Waals surface area contributed by atoms with E-state index >= 15 is 0 Å². The number of nitrogens with one attached hydrogen (secondary N) is 1. The van der Waals surface area contributed by atoms with Crippen LogP contribution in [0.3, 0.4) is 0 Å². The van der Waals surface area contributed by atoms with Gasteiger partial charge in [-0.2, -0.15) is 0 Å². The molecule has 116 valence electrons. The molecule has 0 atom stereocenters. The van der Waals surface area contributed by atoms with Crippen molar-refractivity contribution in [3.05, 3.63) is 52.0 Å². The molecular formula is C17H19ClN2OS. The molecule has 0 radical (unpaired) electrons. The fourth-order valence-corrected chi connectivity index (χ4v) is 3.45. The molecule has 1 heterocycles. The van der Waals surface area contributed by atoms with E-state index in [9.17, 15) is 4.79 Å². The van der Waals surface area contributed by atoms with E-state index in [1.807, 2.05) is 37.3 Å². The molecule has 1 N–H and O–H groups in total. The van der Waals surface area contributed by atoms with Crippen LogP contribution in [0.15, 0.2) is 30.3 Å². The molecule has 0 saturated heterocycles. The third-order valence-electron chi connectivity index (χ3n) is 3.58. The average Bonchev–Trinajstić information content (AvgIpc) is 2.88. The monoisotopic (exact) mass is 334 g/mol. The van der Waals surface area contributed by atoms with Gasteiger partial charge in [0.25, 0.3) is 0 Å². The van der Waals surface area contributed by atoms with Gasteiger partial charge < -0.3 is 0 Å². The van der Waals surface area contributed by atoms with E-state index in [1.54, 1.807) is 17.4 Å². The Morgan fingerprint density at radius 1 is 1.23 bits per heavy atom. The lowest BCUT2D eigenvalue weighted by Crippen LogP contribution is -2.07. The van der Waals surface area contributed by atoms with Crippen LogP contribution in [-0.2, 0) is 17.6 Å². The number of aryl methyl sites for hydroxylation is 3. The van der Waals surface area contributed by atoms with Crippen molar-refractivity contribution in [1.29, 1.82) is 0 Å². The molecule has 5 heteroatoms. The van der Waals surface area contributed by atoms with Crippen LogP contribution in [0.2, 0.25) is 0 Å². The Morgan fingerprint density at radius 2 is 1.95 bits per heavy atom. The van der Waals surface area contributed by atoms with Gasteiger partial charge in [0, 0.05) is 11.0 Å². The Labute approximate surface area is 140 Å². The van der Waals surface area contributed by atoms with Crippen molar-refractivity contribution < 1.29 is 4.79 Å². The average molecular weight is 335 g/mol. The summed E-state index contributed by atoms with van der Waals surface area (Å²) in [6.07, 6.45) is 7.96. The number of rotatable bonds is 3. The fraction of sp³-hybridized carbons (Fsp3) is 0.294. The first-order valence-electron chi connectivity index (χ1n) is 7.25. The Bertz CT molecular complexity index is 653. The smallest absolute Gasteiger partial charge is 0.250 e. The Kier molecular flexibility index (Phi) is 5.75. The van der Waals surface area contributed by atoms with Gasteiger partial charge in [-0.1, -0.05) is 29.8 Å². The molecule has 1 aliphatic carbocycles. The lowest BCUT2D eigenvalue weighted by atomic mass is 10.0. The number of benzene rings is 1. The van der Waals surface area contributed by atoms with E-state index in [-0.39, 0.29) is 18.3 Å². The summed E-state index contributed by atoms with van der Waals surface area (Å²) in [5.74, 6) is -0.123. The zero-order chi connectivity index (χ0) is 14.7. The van der Waals surface area contributed by atoms with E-state index in [0.717, 1.165) is 23.5 Å². The number of anilines is 1. The third-order valence-corrected chi connectivity index (χ3v) is 4.65. The number of carbonyl (C=O) groups excluding carboxylic acids is 1. The minimum atomic E-state index is -0.123. The van der Waals surface area contributed by atoms with Crippen LogP contribution in [0.25, 0.3) is 6.08 Å². The van der Waals surface area contributed by atoms with Crippen LogP contribution in [0.5, 0.6) is 0 Å². The maximum atomic E-state index is 11.9. The molecule has 1 amide bonds. The first-order valence-corrected chi connectivity index (χ1v) is 8.07. The van der Waals surface area contributed by atoms with Crippen molar-refractivity contribution in [3.63, 3.8) is 0 Å². The first kappa shape index (κ1) is 16.7. The van der Waals surface area contributed by atoms with Gasteiger partial charge in [-0.3, -0.25) is 10.1 Å². The van der Waals surface area contributed by atoms with E-state index in [1.165, 1.54) is 29.0 Å². The van der Waals surface area contributed by atoms with Crippen LogP contribution in [0.1, 0.15) is 34.5 Å². The number of hydrogen-bond acceptors (Lipinski definition) is 3. The second-order valence-electron chi connectivity index (χ2n) is 5.33. The predicted molar refractivity (Wildman–Crippen MR) is 94.8 cm³/mol. The molecule has 22 heavy (non-hydrogen) atoms. The largest absolute Gasteiger partial charge is 0.298 e. The highest BCUT2D eigenvalue weighted by atomic mass is 35.5. The second-order valence-corrected chi connectivity index (χ2v) is 6.41. The van der Waals surface area contributed by atoms with E-state index in [2.05, 4.69) is 10.3 Å². The van der Waals surface area contributed by atoms with Crippen molar-refractivity contribution >= 4 is 40.9 Å².